The molecule has 0 amide bonds. The Morgan fingerprint density at radius 1 is 0.958 bits per heavy atom. The van der Waals surface area contributed by atoms with Gasteiger partial charge in [-0.25, -0.2) is 0 Å². The average molecular weight is 322 g/mol. The normalized spacial score (nSPS) is 12.8. The van der Waals surface area contributed by atoms with Crippen LogP contribution in [0.1, 0.15) is 31.9 Å². The average Bonchev–Trinajstić information content (AvgIpc) is 2.57. The van der Waals surface area contributed by atoms with Gasteiger partial charge in [0, 0.05) is 11.1 Å². The van der Waals surface area contributed by atoms with Crippen LogP contribution in [-0.2, 0) is 4.84 Å². The van der Waals surface area contributed by atoms with Crippen molar-refractivity contribution in [1.82, 2.24) is 0 Å². The topological polar surface area (TPSA) is 54.2 Å². The minimum absolute atomic E-state index is 0.404. The van der Waals surface area contributed by atoms with Gasteiger partial charge in [-0.05, 0) is 26.3 Å². The first-order valence-corrected chi connectivity index (χ1v) is 7.71. The third kappa shape index (κ3) is 4.10. The monoisotopic (exact) mass is 322 g/mol. The molecule has 0 bridgehead atoms. The summed E-state index contributed by atoms with van der Waals surface area (Å²) in [5.74, 6) is 0. The van der Waals surface area contributed by atoms with Crippen molar-refractivity contribution in [1.29, 1.82) is 0 Å². The van der Waals surface area contributed by atoms with Crippen molar-refractivity contribution in [3.63, 3.8) is 0 Å². The lowest BCUT2D eigenvalue weighted by Gasteiger charge is -2.24. The Hall–Kier alpha value is -2.88. The lowest BCUT2D eigenvalue weighted by atomic mass is 9.96. The maximum Gasteiger partial charge on any atom is 0.177 e. The van der Waals surface area contributed by atoms with E-state index in [0.29, 0.717) is 11.4 Å². The fourth-order valence-corrected chi connectivity index (χ4v) is 2.30. The van der Waals surface area contributed by atoms with Gasteiger partial charge in [-0.3, -0.25) is 0 Å². The lowest BCUT2D eigenvalue weighted by Crippen LogP contribution is -2.34. The number of rotatable bonds is 6. The molecule has 1 N–H and O–H groups in total. The van der Waals surface area contributed by atoms with Crippen LogP contribution in [0.4, 0.5) is 0 Å². The highest BCUT2D eigenvalue weighted by molar-refractivity contribution is 6.11. The van der Waals surface area contributed by atoms with Crippen LogP contribution >= 0.6 is 0 Å². The Bertz CT molecular complexity index is 748. The van der Waals surface area contributed by atoms with Crippen LogP contribution in [0.3, 0.4) is 0 Å². The second-order valence-corrected chi connectivity index (χ2v) is 6.00. The summed E-state index contributed by atoms with van der Waals surface area (Å²) in [5.41, 5.74) is 2.64. The van der Waals surface area contributed by atoms with Crippen molar-refractivity contribution < 1.29 is 10.0 Å². The number of oxime groups is 2. The van der Waals surface area contributed by atoms with Crippen molar-refractivity contribution in [2.45, 2.75) is 26.4 Å². The van der Waals surface area contributed by atoms with Gasteiger partial charge < -0.3 is 10.0 Å². The molecule has 0 aliphatic carbocycles. The van der Waals surface area contributed by atoms with E-state index >= 15 is 0 Å². The van der Waals surface area contributed by atoms with E-state index in [1.807, 2.05) is 67.6 Å². The molecule has 0 fully saturated rings. The van der Waals surface area contributed by atoms with Crippen LogP contribution in [-0.4, -0.2) is 22.2 Å². The highest BCUT2D eigenvalue weighted by Crippen LogP contribution is 2.20. The molecule has 0 aliphatic rings. The zero-order valence-corrected chi connectivity index (χ0v) is 14.2. The Kier molecular flexibility index (Phi) is 5.53. The molecular formula is C20H22N2O2. The van der Waals surface area contributed by atoms with Crippen LogP contribution in [0.15, 0.2) is 83.1 Å². The van der Waals surface area contributed by atoms with Crippen molar-refractivity contribution in [3.05, 3.63) is 83.9 Å². The predicted molar refractivity (Wildman–Crippen MR) is 97.7 cm³/mol. The fourth-order valence-electron chi connectivity index (χ4n) is 2.30. The summed E-state index contributed by atoms with van der Waals surface area (Å²) in [4.78, 5) is 5.75. The molecule has 2 aromatic carbocycles. The minimum atomic E-state index is -0.911. The first-order chi connectivity index (χ1) is 11.5. The zero-order valence-electron chi connectivity index (χ0n) is 14.2. The maximum atomic E-state index is 9.45. The third-order valence-corrected chi connectivity index (χ3v) is 3.53. The molecule has 2 aromatic rings. The molecule has 124 valence electrons. The van der Waals surface area contributed by atoms with Gasteiger partial charge in [-0.15, -0.1) is 0 Å². The largest absolute Gasteiger partial charge is 0.411 e. The Balaban J connectivity index is 2.31. The Morgan fingerprint density at radius 2 is 1.46 bits per heavy atom. The van der Waals surface area contributed by atoms with Gasteiger partial charge in [0.25, 0.3) is 0 Å². The molecule has 0 atom stereocenters. The molecule has 4 nitrogen and oxygen atoms in total. The molecule has 2 rings (SSSR count). The molecular weight excluding hydrogens is 300 g/mol. The fraction of sp³-hybridized carbons (Fsp3) is 0.200. The summed E-state index contributed by atoms with van der Waals surface area (Å²) >= 11 is 0. The number of hydrogen-bond donors (Lipinski definition) is 1. The second-order valence-electron chi connectivity index (χ2n) is 6.00. The van der Waals surface area contributed by atoms with E-state index in [9.17, 15) is 5.21 Å². The van der Waals surface area contributed by atoms with E-state index < -0.39 is 5.60 Å². The summed E-state index contributed by atoms with van der Waals surface area (Å²) in [6.45, 7) is 9.45. The van der Waals surface area contributed by atoms with Gasteiger partial charge in [0.15, 0.2) is 5.60 Å². The summed E-state index contributed by atoms with van der Waals surface area (Å²) in [6, 6.07) is 19.1. The number of benzene rings is 2. The Labute approximate surface area is 142 Å². The van der Waals surface area contributed by atoms with Gasteiger partial charge in [-0.1, -0.05) is 77.6 Å². The standard InChI is InChI=1S/C20H22N2O2/c1-15(2)18(16-11-7-5-8-12-16)22-24-20(3,4)19(21-23)17-13-9-6-10-14-17/h5-14,23H,1H2,2-4H3/b21-19+,22-18-. The van der Waals surface area contributed by atoms with E-state index in [1.165, 1.54) is 0 Å². The molecule has 0 heterocycles. The van der Waals surface area contributed by atoms with E-state index in [2.05, 4.69) is 16.9 Å². The second kappa shape index (κ2) is 7.59. The molecule has 0 aliphatic heterocycles. The van der Waals surface area contributed by atoms with Gasteiger partial charge >= 0.3 is 0 Å². The first-order valence-electron chi connectivity index (χ1n) is 7.71. The SMILES string of the molecule is C=C(C)/C(=N/OC(C)(C)/C(=N/O)c1ccccc1)c1ccccc1. The number of allylic oxidation sites excluding steroid dienone is 1. The molecule has 0 saturated carbocycles. The van der Waals surface area contributed by atoms with Gasteiger partial charge in [0.05, 0.1) is 0 Å². The van der Waals surface area contributed by atoms with Crippen LogP contribution in [0.25, 0.3) is 0 Å². The summed E-state index contributed by atoms with van der Waals surface area (Å²) < 4.78 is 0. The van der Waals surface area contributed by atoms with Crippen molar-refractivity contribution in [3.8, 4) is 0 Å². The predicted octanol–water partition coefficient (Wildman–Crippen LogP) is 4.64. The minimum Gasteiger partial charge on any atom is -0.411 e. The van der Waals surface area contributed by atoms with Crippen LogP contribution in [0.5, 0.6) is 0 Å². The van der Waals surface area contributed by atoms with E-state index in [0.717, 1.165) is 16.7 Å². The number of nitrogens with zero attached hydrogens (tertiary/aromatic N) is 2. The maximum absolute atomic E-state index is 9.45. The highest BCUT2D eigenvalue weighted by Gasteiger charge is 2.30. The molecule has 0 radical (unpaired) electrons. The lowest BCUT2D eigenvalue weighted by molar-refractivity contribution is 0.0381. The molecule has 0 aromatic heterocycles. The summed E-state index contributed by atoms with van der Waals surface area (Å²) in [7, 11) is 0. The summed E-state index contributed by atoms with van der Waals surface area (Å²) in [5, 5.41) is 17.2. The highest BCUT2D eigenvalue weighted by atomic mass is 16.6. The van der Waals surface area contributed by atoms with E-state index in [-0.39, 0.29) is 0 Å². The first kappa shape index (κ1) is 17.5. The molecule has 0 saturated heterocycles. The quantitative estimate of drug-likeness (QED) is 0.478. The van der Waals surface area contributed by atoms with Crippen LogP contribution in [0.2, 0.25) is 0 Å². The van der Waals surface area contributed by atoms with Crippen LogP contribution in [0, 0.1) is 0 Å². The van der Waals surface area contributed by atoms with Crippen molar-refractivity contribution in [2.75, 3.05) is 0 Å². The third-order valence-electron chi connectivity index (χ3n) is 3.53. The molecule has 0 spiro atoms. The van der Waals surface area contributed by atoms with Crippen molar-refractivity contribution in [2.24, 2.45) is 10.3 Å². The van der Waals surface area contributed by atoms with Crippen LogP contribution < -0.4 is 0 Å². The molecule has 24 heavy (non-hydrogen) atoms. The zero-order chi connectivity index (χ0) is 17.6. The van der Waals surface area contributed by atoms with Gasteiger partial charge in [-0.2, -0.15) is 0 Å². The van der Waals surface area contributed by atoms with Crippen molar-refractivity contribution >= 4 is 11.4 Å². The van der Waals surface area contributed by atoms with E-state index in [1.54, 1.807) is 13.8 Å². The van der Waals surface area contributed by atoms with E-state index in [4.69, 9.17) is 4.84 Å². The van der Waals surface area contributed by atoms with Gasteiger partial charge in [0.2, 0.25) is 0 Å². The smallest absolute Gasteiger partial charge is 0.177 e. The molecule has 0 unspecified atom stereocenters. The number of hydrogen-bond acceptors (Lipinski definition) is 4. The Morgan fingerprint density at radius 3 is 1.92 bits per heavy atom. The summed E-state index contributed by atoms with van der Waals surface area (Å²) in [6.07, 6.45) is 0. The van der Waals surface area contributed by atoms with Gasteiger partial charge in [0.1, 0.15) is 11.4 Å². The molecule has 4 heteroatoms.